The third kappa shape index (κ3) is 9.22. The van der Waals surface area contributed by atoms with Crippen LogP contribution in [0.1, 0.15) is 66.2 Å². The van der Waals surface area contributed by atoms with Crippen LogP contribution in [0.3, 0.4) is 0 Å². The molecule has 4 heterocycles. The molecule has 0 bridgehead atoms. The molecule has 4 aromatic rings. The van der Waals surface area contributed by atoms with Crippen LogP contribution >= 0.6 is 11.3 Å². The molecule has 0 radical (unpaired) electrons. The molecule has 2 aromatic carbocycles. The summed E-state index contributed by atoms with van der Waals surface area (Å²) >= 11 is 1.45. The molecule has 1 saturated heterocycles. The number of carbonyl (C=O) groups excluding carboxylic acids is 3. The standard InChI is InChI=1S/C43H53N7O8S2/c1-25(2)38(51)40(53)50-23-29(58-36-21-33(34-24-59-42(47-34)45-26(3)4)46-32-19-28(57-5)16-17-30(32)36)20-35(50)39(52)48-43-22-27(43)13-9-7-6-8-12-18-44-31-14-10-11-15-37(31)60(55,56)49-41(43)54/h9-11,13-17,19,21,24-27,29,35,38,44,51H,6-8,12,18,20,22-23H2,1-5H3,(H,45,47)(H,48,52)(H,49,54)/t27-,29-,35+,38-,43-/m1/s1. The molecular weight excluding hydrogens is 807 g/mol. The number of fused-ring (bicyclic) bond motifs is 3. The summed E-state index contributed by atoms with van der Waals surface area (Å²) in [6, 6.07) is 12.6. The van der Waals surface area contributed by atoms with E-state index in [0.29, 0.717) is 46.0 Å². The van der Waals surface area contributed by atoms with E-state index in [1.807, 2.05) is 37.4 Å². The van der Waals surface area contributed by atoms with Crippen molar-refractivity contribution in [3.8, 4) is 22.9 Å². The summed E-state index contributed by atoms with van der Waals surface area (Å²) in [5.74, 6) is -2.10. The lowest BCUT2D eigenvalue weighted by molar-refractivity contribution is -0.147. The van der Waals surface area contributed by atoms with Crippen molar-refractivity contribution >= 4 is 60.8 Å². The van der Waals surface area contributed by atoms with E-state index < -0.39 is 63.4 Å². The Labute approximate surface area is 354 Å². The first-order chi connectivity index (χ1) is 28.7. The van der Waals surface area contributed by atoms with Gasteiger partial charge in [0, 0.05) is 47.8 Å². The topological polar surface area (TPSA) is 201 Å². The molecule has 2 aliphatic heterocycles. The number of aliphatic hydroxyl groups is 1. The Kier molecular flexibility index (Phi) is 12.7. The Morgan fingerprint density at radius 1 is 1.05 bits per heavy atom. The van der Waals surface area contributed by atoms with Crippen LogP contribution in [0.5, 0.6) is 11.5 Å². The van der Waals surface area contributed by atoms with Crippen molar-refractivity contribution < 1.29 is 37.4 Å². The van der Waals surface area contributed by atoms with Gasteiger partial charge in [0.05, 0.1) is 30.6 Å². The van der Waals surface area contributed by atoms with Gasteiger partial charge < -0.3 is 35.4 Å². The van der Waals surface area contributed by atoms with Gasteiger partial charge in [0.15, 0.2) is 5.13 Å². The predicted octanol–water partition coefficient (Wildman–Crippen LogP) is 5.47. The number of sulfonamides is 1. The number of ether oxygens (including phenoxy) is 2. The molecule has 60 heavy (non-hydrogen) atoms. The van der Waals surface area contributed by atoms with Crippen LogP contribution in [0, 0.1) is 11.8 Å². The maximum absolute atomic E-state index is 14.5. The number of benzene rings is 2. The number of rotatable bonds is 10. The number of nitrogens with one attached hydrogen (secondary N) is 4. The number of hydrogen-bond donors (Lipinski definition) is 5. The number of thiazole rings is 1. The lowest BCUT2D eigenvalue weighted by Gasteiger charge is -2.29. The number of aliphatic hydroxyl groups excluding tert-OH is 1. The molecule has 1 aliphatic carbocycles. The molecule has 3 amide bonds. The number of allylic oxidation sites excluding steroid dienone is 1. The number of aromatic nitrogens is 2. The number of anilines is 2. The number of pyridine rings is 1. The molecule has 0 spiro atoms. The zero-order valence-electron chi connectivity index (χ0n) is 34.4. The number of nitrogens with zero attached hydrogens (tertiary/aromatic N) is 3. The van der Waals surface area contributed by atoms with Gasteiger partial charge in [0.2, 0.25) is 5.91 Å². The van der Waals surface area contributed by atoms with Crippen molar-refractivity contribution in [2.75, 3.05) is 30.8 Å². The Hall–Kier alpha value is -5.26. The first kappa shape index (κ1) is 42.8. The molecule has 5 atom stereocenters. The van der Waals surface area contributed by atoms with Gasteiger partial charge in [0.1, 0.15) is 45.9 Å². The first-order valence-corrected chi connectivity index (χ1v) is 22.8. The van der Waals surface area contributed by atoms with E-state index in [-0.39, 0.29) is 30.3 Å². The summed E-state index contributed by atoms with van der Waals surface area (Å²) in [6.45, 7) is 7.98. The van der Waals surface area contributed by atoms with Crippen molar-refractivity contribution in [1.82, 2.24) is 24.9 Å². The molecule has 1 saturated carbocycles. The van der Waals surface area contributed by atoms with Gasteiger partial charge in [-0.15, -0.1) is 11.3 Å². The Morgan fingerprint density at radius 2 is 1.85 bits per heavy atom. The molecule has 320 valence electrons. The highest BCUT2D eigenvalue weighted by atomic mass is 32.2. The minimum atomic E-state index is -4.36. The second-order valence-electron chi connectivity index (χ2n) is 16.3. The number of hydrogen-bond acceptors (Lipinski definition) is 13. The van der Waals surface area contributed by atoms with Crippen molar-refractivity contribution in [3.05, 3.63) is 66.1 Å². The smallest absolute Gasteiger partial charge is 0.266 e. The second kappa shape index (κ2) is 17.8. The highest BCUT2D eigenvalue weighted by Crippen LogP contribution is 2.46. The summed E-state index contributed by atoms with van der Waals surface area (Å²) in [5, 5.41) is 23.7. The van der Waals surface area contributed by atoms with Gasteiger partial charge in [-0.3, -0.25) is 14.4 Å². The van der Waals surface area contributed by atoms with E-state index in [1.165, 1.54) is 22.3 Å². The van der Waals surface area contributed by atoms with E-state index in [1.54, 1.807) is 57.4 Å². The zero-order chi connectivity index (χ0) is 42.8. The van der Waals surface area contributed by atoms with Gasteiger partial charge in [-0.1, -0.05) is 44.6 Å². The Morgan fingerprint density at radius 3 is 2.62 bits per heavy atom. The monoisotopic (exact) mass is 859 g/mol. The van der Waals surface area contributed by atoms with Gasteiger partial charge in [0.25, 0.3) is 21.8 Å². The summed E-state index contributed by atoms with van der Waals surface area (Å²) < 4.78 is 41.9. The fourth-order valence-corrected chi connectivity index (χ4v) is 9.77. The average molecular weight is 860 g/mol. The van der Waals surface area contributed by atoms with Crippen molar-refractivity contribution in [1.29, 1.82) is 0 Å². The van der Waals surface area contributed by atoms with Gasteiger partial charge in [-0.05, 0) is 69.7 Å². The molecule has 0 unspecified atom stereocenters. The van der Waals surface area contributed by atoms with Crippen LogP contribution in [-0.4, -0.2) is 96.1 Å². The maximum atomic E-state index is 14.5. The van der Waals surface area contributed by atoms with Gasteiger partial charge in [-0.25, -0.2) is 23.1 Å². The largest absolute Gasteiger partial charge is 0.497 e. The van der Waals surface area contributed by atoms with E-state index in [0.717, 1.165) is 30.8 Å². The van der Waals surface area contributed by atoms with E-state index >= 15 is 0 Å². The lowest BCUT2D eigenvalue weighted by atomic mass is 10.1. The van der Waals surface area contributed by atoms with Crippen molar-refractivity contribution in [2.24, 2.45) is 11.8 Å². The number of carbonyl (C=O) groups is 3. The van der Waals surface area contributed by atoms with Crippen LogP contribution in [0.25, 0.3) is 22.3 Å². The van der Waals surface area contributed by atoms with Crippen LogP contribution in [-0.2, 0) is 24.4 Å². The molecular formula is C43H53N7O8S2. The Bertz CT molecular complexity index is 2390. The number of amides is 3. The molecule has 5 N–H and O–H groups in total. The maximum Gasteiger partial charge on any atom is 0.266 e. The molecule has 2 fully saturated rings. The number of para-hydroxylation sites is 1. The van der Waals surface area contributed by atoms with E-state index in [9.17, 15) is 27.9 Å². The quantitative estimate of drug-likeness (QED) is 0.126. The molecule has 2 aromatic heterocycles. The molecule has 15 nitrogen and oxygen atoms in total. The third-order valence-corrected chi connectivity index (χ3v) is 13.2. The average Bonchev–Trinajstić information content (AvgIpc) is 3.48. The summed E-state index contributed by atoms with van der Waals surface area (Å²) in [7, 11) is -2.79. The molecule has 3 aliphatic rings. The van der Waals surface area contributed by atoms with Crippen molar-refractivity contribution in [3.63, 3.8) is 0 Å². The zero-order valence-corrected chi connectivity index (χ0v) is 36.1. The second-order valence-corrected chi connectivity index (χ2v) is 18.8. The van der Waals surface area contributed by atoms with Crippen LogP contribution < -0.4 is 30.1 Å². The Balaban J connectivity index is 1.19. The van der Waals surface area contributed by atoms with Gasteiger partial charge >= 0.3 is 0 Å². The minimum absolute atomic E-state index is 0.0202. The first-order valence-electron chi connectivity index (χ1n) is 20.4. The summed E-state index contributed by atoms with van der Waals surface area (Å²) in [5.41, 5.74) is 0.534. The molecule has 7 rings (SSSR count). The SMILES string of the molecule is COc1ccc2c(O[C@@H]3C[C@@H](C(=O)N[C@]45C[C@H]4C=CCCCCCNc4ccccc4S(=O)(=O)NC5=O)N(C(=O)[C@H](O)C(C)C)C3)cc(-c3csc(NC(C)C)n3)nc2c1. The third-order valence-electron chi connectivity index (χ3n) is 11.1. The normalized spacial score (nSPS) is 23.4. The minimum Gasteiger partial charge on any atom is -0.497 e. The summed E-state index contributed by atoms with van der Waals surface area (Å²) in [6.07, 6.45) is 5.27. The summed E-state index contributed by atoms with van der Waals surface area (Å²) in [4.78, 5) is 53.4. The highest BCUT2D eigenvalue weighted by molar-refractivity contribution is 7.90. The lowest BCUT2D eigenvalue weighted by Crippen LogP contribution is -2.57. The fraction of sp³-hybridized carbons (Fsp3) is 0.465. The number of likely N-dealkylation sites (tertiary alicyclic amines) is 1. The fourth-order valence-electron chi connectivity index (χ4n) is 7.69. The van der Waals surface area contributed by atoms with E-state index in [2.05, 4.69) is 20.7 Å². The van der Waals surface area contributed by atoms with Crippen LogP contribution in [0.2, 0.25) is 0 Å². The van der Waals surface area contributed by atoms with Crippen molar-refractivity contribution in [2.45, 2.75) is 101 Å². The van der Waals surface area contributed by atoms with E-state index in [4.69, 9.17) is 19.4 Å². The van der Waals surface area contributed by atoms with Gasteiger partial charge in [-0.2, -0.15) is 0 Å². The van der Waals surface area contributed by atoms with Crippen LogP contribution in [0.4, 0.5) is 10.8 Å². The highest BCUT2D eigenvalue weighted by Gasteiger charge is 2.61. The molecule has 17 heteroatoms. The van der Waals surface area contributed by atoms with Crippen LogP contribution in [0.15, 0.2) is 71.0 Å². The number of methoxy groups -OCH3 is 1. The predicted molar refractivity (Wildman–Crippen MR) is 230 cm³/mol.